The van der Waals surface area contributed by atoms with Crippen LogP contribution in [-0.2, 0) is 4.79 Å². The van der Waals surface area contributed by atoms with Gasteiger partial charge in [-0.3, -0.25) is 0 Å². The molecule has 0 heterocycles. The highest BCUT2D eigenvalue weighted by Crippen LogP contribution is 2.31. The molecule has 0 aromatic rings. The van der Waals surface area contributed by atoms with E-state index in [4.69, 9.17) is 10.8 Å². The van der Waals surface area contributed by atoms with E-state index in [2.05, 4.69) is 0 Å². The molecule has 1 rings (SSSR count). The van der Waals surface area contributed by atoms with Crippen LogP contribution < -0.4 is 5.73 Å². The molecule has 0 radical (unpaired) electrons. The summed E-state index contributed by atoms with van der Waals surface area (Å²) >= 11 is 0. The van der Waals surface area contributed by atoms with Crippen LogP contribution in [0.3, 0.4) is 0 Å². The molecule has 0 bridgehead atoms. The minimum absolute atomic E-state index is 0.196. The summed E-state index contributed by atoms with van der Waals surface area (Å²) in [6, 6.07) is 0. The van der Waals surface area contributed by atoms with Gasteiger partial charge in [0.1, 0.15) is 0 Å². The highest BCUT2D eigenvalue weighted by Gasteiger charge is 2.24. The van der Waals surface area contributed by atoms with Crippen molar-refractivity contribution in [3.8, 4) is 0 Å². The van der Waals surface area contributed by atoms with Gasteiger partial charge in [0.25, 0.3) is 0 Å². The van der Waals surface area contributed by atoms with Crippen molar-refractivity contribution in [2.24, 2.45) is 11.7 Å². The summed E-state index contributed by atoms with van der Waals surface area (Å²) in [6.45, 7) is 1.90. The van der Waals surface area contributed by atoms with Gasteiger partial charge in [0.15, 0.2) is 0 Å². The third-order valence-electron chi connectivity index (χ3n) is 2.97. The Balaban J connectivity index is 2.81. The van der Waals surface area contributed by atoms with Crippen molar-refractivity contribution in [1.29, 1.82) is 0 Å². The molecule has 0 aromatic heterocycles. The van der Waals surface area contributed by atoms with Gasteiger partial charge in [0.05, 0.1) is 5.57 Å². The number of hydrogen-bond acceptors (Lipinski definition) is 2. The molecule has 0 aromatic carbocycles. The van der Waals surface area contributed by atoms with Gasteiger partial charge < -0.3 is 10.8 Å². The smallest absolute Gasteiger partial charge is 0.333 e. The van der Waals surface area contributed by atoms with Crippen LogP contribution in [0.25, 0.3) is 0 Å². The van der Waals surface area contributed by atoms with Gasteiger partial charge in [-0.05, 0) is 25.2 Å². The predicted molar refractivity (Wildman–Crippen MR) is 55.7 cm³/mol. The normalized spacial score (nSPS) is 20.4. The fourth-order valence-corrected chi connectivity index (χ4v) is 2.16. The lowest BCUT2D eigenvalue weighted by molar-refractivity contribution is -0.133. The quantitative estimate of drug-likeness (QED) is 0.682. The second-order valence-electron chi connectivity index (χ2n) is 3.93. The zero-order chi connectivity index (χ0) is 10.6. The Labute approximate surface area is 85.0 Å². The molecule has 3 nitrogen and oxygen atoms in total. The highest BCUT2D eigenvalue weighted by molar-refractivity contribution is 5.88. The average Bonchev–Trinajstić information content (AvgIpc) is 2.19. The van der Waals surface area contributed by atoms with Crippen LogP contribution in [0, 0.1) is 5.92 Å². The van der Waals surface area contributed by atoms with Crippen LogP contribution in [0.4, 0.5) is 0 Å². The van der Waals surface area contributed by atoms with Crippen LogP contribution in [-0.4, -0.2) is 11.1 Å². The molecular formula is C11H19NO2. The van der Waals surface area contributed by atoms with E-state index in [1.807, 2.05) is 6.92 Å². The summed E-state index contributed by atoms with van der Waals surface area (Å²) in [4.78, 5) is 11.1. The Morgan fingerprint density at radius 3 is 2.36 bits per heavy atom. The molecule has 3 N–H and O–H groups in total. The number of carbonyl (C=O) groups is 1. The SMILES string of the molecule is CC/C(N)=C(/C(=O)O)C1CCCCC1. The number of carboxylic acids is 1. The summed E-state index contributed by atoms with van der Waals surface area (Å²) in [6.07, 6.45) is 6.12. The monoisotopic (exact) mass is 197 g/mol. The summed E-state index contributed by atoms with van der Waals surface area (Å²) in [7, 11) is 0. The lowest BCUT2D eigenvalue weighted by atomic mass is 9.82. The highest BCUT2D eigenvalue weighted by atomic mass is 16.4. The van der Waals surface area contributed by atoms with Gasteiger partial charge in [-0.25, -0.2) is 4.79 Å². The van der Waals surface area contributed by atoms with E-state index in [0.717, 1.165) is 25.7 Å². The van der Waals surface area contributed by atoms with Crippen LogP contribution in [0.5, 0.6) is 0 Å². The lowest BCUT2D eigenvalue weighted by Gasteiger charge is -2.23. The molecule has 0 amide bonds. The van der Waals surface area contributed by atoms with Gasteiger partial charge in [0.2, 0.25) is 0 Å². The molecule has 1 saturated carbocycles. The van der Waals surface area contributed by atoms with Crippen molar-refractivity contribution in [3.05, 3.63) is 11.3 Å². The van der Waals surface area contributed by atoms with Gasteiger partial charge >= 0.3 is 5.97 Å². The molecule has 14 heavy (non-hydrogen) atoms. The van der Waals surface area contributed by atoms with Crippen molar-refractivity contribution < 1.29 is 9.90 Å². The van der Waals surface area contributed by atoms with E-state index in [9.17, 15) is 4.79 Å². The molecule has 0 unspecified atom stereocenters. The van der Waals surface area contributed by atoms with Crippen LogP contribution in [0.15, 0.2) is 11.3 Å². The summed E-state index contributed by atoms with van der Waals surface area (Å²) < 4.78 is 0. The van der Waals surface area contributed by atoms with E-state index in [1.54, 1.807) is 0 Å². The zero-order valence-corrected chi connectivity index (χ0v) is 8.75. The topological polar surface area (TPSA) is 63.3 Å². The maximum absolute atomic E-state index is 11.1. The fraction of sp³-hybridized carbons (Fsp3) is 0.727. The third kappa shape index (κ3) is 2.50. The van der Waals surface area contributed by atoms with Crippen molar-refractivity contribution in [2.45, 2.75) is 45.4 Å². The fourth-order valence-electron chi connectivity index (χ4n) is 2.16. The molecule has 1 aliphatic rings. The molecule has 3 heteroatoms. The maximum Gasteiger partial charge on any atom is 0.333 e. The molecule has 0 atom stereocenters. The summed E-state index contributed by atoms with van der Waals surface area (Å²) in [5.41, 5.74) is 6.79. The predicted octanol–water partition coefficient (Wildman–Crippen LogP) is 2.27. The average molecular weight is 197 g/mol. The van der Waals surface area contributed by atoms with E-state index in [1.165, 1.54) is 6.42 Å². The number of allylic oxidation sites excluding steroid dienone is 1. The molecule has 0 saturated heterocycles. The second kappa shape index (κ2) is 5.03. The number of carboxylic acid groups (broad SMARTS) is 1. The number of nitrogens with two attached hydrogens (primary N) is 1. The van der Waals surface area contributed by atoms with E-state index in [0.29, 0.717) is 17.7 Å². The summed E-state index contributed by atoms with van der Waals surface area (Å²) in [5.74, 6) is -0.627. The number of rotatable bonds is 3. The Morgan fingerprint density at radius 2 is 1.93 bits per heavy atom. The molecule has 80 valence electrons. The van der Waals surface area contributed by atoms with Crippen molar-refractivity contribution in [3.63, 3.8) is 0 Å². The molecule has 1 aliphatic carbocycles. The molecular weight excluding hydrogens is 178 g/mol. The maximum atomic E-state index is 11.1. The Hall–Kier alpha value is -0.990. The first kappa shape index (κ1) is 11.1. The van der Waals surface area contributed by atoms with Gasteiger partial charge in [-0.2, -0.15) is 0 Å². The van der Waals surface area contributed by atoms with Crippen LogP contribution in [0.1, 0.15) is 45.4 Å². The largest absolute Gasteiger partial charge is 0.478 e. The van der Waals surface area contributed by atoms with Gasteiger partial charge in [0, 0.05) is 5.70 Å². The van der Waals surface area contributed by atoms with Crippen molar-refractivity contribution in [1.82, 2.24) is 0 Å². The van der Waals surface area contributed by atoms with Gasteiger partial charge in [-0.15, -0.1) is 0 Å². The van der Waals surface area contributed by atoms with E-state index in [-0.39, 0.29) is 5.92 Å². The van der Waals surface area contributed by atoms with E-state index < -0.39 is 5.97 Å². The first-order valence-corrected chi connectivity index (χ1v) is 5.38. The molecule has 1 fully saturated rings. The van der Waals surface area contributed by atoms with Crippen molar-refractivity contribution in [2.75, 3.05) is 0 Å². The molecule has 0 spiro atoms. The second-order valence-corrected chi connectivity index (χ2v) is 3.93. The van der Waals surface area contributed by atoms with Crippen LogP contribution >= 0.6 is 0 Å². The first-order chi connectivity index (χ1) is 6.66. The molecule has 0 aliphatic heterocycles. The first-order valence-electron chi connectivity index (χ1n) is 5.38. The van der Waals surface area contributed by atoms with E-state index >= 15 is 0 Å². The lowest BCUT2D eigenvalue weighted by Crippen LogP contribution is -2.20. The minimum Gasteiger partial charge on any atom is -0.478 e. The zero-order valence-electron chi connectivity index (χ0n) is 8.75. The van der Waals surface area contributed by atoms with Crippen molar-refractivity contribution >= 4 is 5.97 Å². The summed E-state index contributed by atoms with van der Waals surface area (Å²) in [5, 5.41) is 9.09. The minimum atomic E-state index is -0.823. The standard InChI is InChI=1S/C11H19NO2/c1-2-9(12)10(11(13)14)8-6-4-3-5-7-8/h8H,2-7,12H2,1H3,(H,13,14)/b10-9-. The third-order valence-corrected chi connectivity index (χ3v) is 2.97. The van der Waals surface area contributed by atoms with Crippen LogP contribution in [0.2, 0.25) is 0 Å². The number of aliphatic carboxylic acids is 1. The Kier molecular flexibility index (Phi) is 3.98. The Bertz CT molecular complexity index is 240. The Morgan fingerprint density at radius 1 is 1.36 bits per heavy atom. The number of hydrogen-bond donors (Lipinski definition) is 2. The van der Waals surface area contributed by atoms with Gasteiger partial charge in [-0.1, -0.05) is 26.2 Å².